The molecular formula is C10H13Cl2N3O4. The Labute approximate surface area is 118 Å². The number of nitrogens with one attached hydrogen (secondary N) is 2. The van der Waals surface area contributed by atoms with Crippen LogP contribution in [0.5, 0.6) is 0 Å². The predicted octanol–water partition coefficient (Wildman–Crippen LogP) is 0.0410. The number of rotatable bonds is 7. The number of hydrogen-bond donors (Lipinski definition) is 3. The highest BCUT2D eigenvalue weighted by molar-refractivity contribution is 6.18. The van der Waals surface area contributed by atoms with Gasteiger partial charge in [0.1, 0.15) is 5.69 Å². The first-order valence-electron chi connectivity index (χ1n) is 5.42. The van der Waals surface area contributed by atoms with E-state index in [0.717, 1.165) is 0 Å². The predicted molar refractivity (Wildman–Crippen MR) is 71.4 cm³/mol. The number of H-pyrrole nitrogens is 2. The number of carboxylic acids is 1. The van der Waals surface area contributed by atoms with Gasteiger partial charge in [-0.1, -0.05) is 0 Å². The number of carbonyl (C=O) groups is 1. The zero-order chi connectivity index (χ0) is 14.4. The summed E-state index contributed by atoms with van der Waals surface area (Å²) in [7, 11) is 0. The van der Waals surface area contributed by atoms with Gasteiger partial charge in [-0.25, -0.2) is 9.59 Å². The van der Waals surface area contributed by atoms with Crippen molar-refractivity contribution in [2.45, 2.75) is 6.54 Å². The van der Waals surface area contributed by atoms with Crippen LogP contribution in [0.15, 0.2) is 9.59 Å². The van der Waals surface area contributed by atoms with Crippen molar-refractivity contribution in [2.24, 2.45) is 0 Å². The second kappa shape index (κ2) is 7.32. The van der Waals surface area contributed by atoms with Crippen molar-refractivity contribution in [2.75, 3.05) is 24.8 Å². The number of carboxylic acid groups (broad SMARTS) is 1. The highest BCUT2D eigenvalue weighted by atomic mass is 35.5. The third kappa shape index (κ3) is 4.38. The quantitative estimate of drug-likeness (QED) is 0.617. The first-order chi connectivity index (χ1) is 8.99. The molecule has 0 unspecified atom stereocenters. The summed E-state index contributed by atoms with van der Waals surface area (Å²) in [5.41, 5.74) is -2.02. The molecule has 1 aromatic heterocycles. The molecule has 0 radical (unpaired) electrons. The monoisotopic (exact) mass is 309 g/mol. The van der Waals surface area contributed by atoms with E-state index in [-0.39, 0.29) is 12.1 Å². The number of hydrogen-bond acceptors (Lipinski definition) is 4. The van der Waals surface area contributed by atoms with E-state index in [1.807, 2.05) is 4.98 Å². The van der Waals surface area contributed by atoms with Gasteiger partial charge >= 0.3 is 11.7 Å². The highest BCUT2D eigenvalue weighted by Gasteiger charge is 2.18. The molecular weight excluding hydrogens is 297 g/mol. The van der Waals surface area contributed by atoms with E-state index in [1.54, 1.807) is 4.90 Å². The third-order valence-electron chi connectivity index (χ3n) is 2.44. The van der Waals surface area contributed by atoms with Crippen molar-refractivity contribution >= 4 is 29.2 Å². The van der Waals surface area contributed by atoms with Crippen LogP contribution in [0.1, 0.15) is 16.1 Å². The van der Waals surface area contributed by atoms with Gasteiger partial charge in [0, 0.05) is 31.4 Å². The minimum Gasteiger partial charge on any atom is -0.477 e. The minimum atomic E-state index is -1.37. The van der Waals surface area contributed by atoms with Crippen LogP contribution in [-0.4, -0.2) is 50.8 Å². The summed E-state index contributed by atoms with van der Waals surface area (Å²) in [6.07, 6.45) is 0. The Hall–Kier alpha value is -1.31. The summed E-state index contributed by atoms with van der Waals surface area (Å²) in [5.74, 6) is -0.726. The normalized spacial score (nSPS) is 10.9. The summed E-state index contributed by atoms with van der Waals surface area (Å²) in [6.45, 7) is 0.949. The fourth-order valence-corrected chi connectivity index (χ4v) is 2.06. The molecule has 7 nitrogen and oxygen atoms in total. The van der Waals surface area contributed by atoms with Crippen molar-refractivity contribution in [3.05, 3.63) is 32.1 Å². The lowest BCUT2D eigenvalue weighted by Crippen LogP contribution is -2.35. The summed E-state index contributed by atoms with van der Waals surface area (Å²) < 4.78 is 0. The van der Waals surface area contributed by atoms with Crippen LogP contribution >= 0.6 is 23.2 Å². The van der Waals surface area contributed by atoms with E-state index < -0.39 is 22.9 Å². The zero-order valence-electron chi connectivity index (χ0n) is 9.91. The maximum absolute atomic E-state index is 11.7. The van der Waals surface area contributed by atoms with E-state index in [1.165, 1.54) is 0 Å². The largest absolute Gasteiger partial charge is 0.477 e. The van der Waals surface area contributed by atoms with E-state index in [4.69, 9.17) is 28.3 Å². The summed E-state index contributed by atoms with van der Waals surface area (Å²) in [5, 5.41) is 8.99. The third-order valence-corrected chi connectivity index (χ3v) is 2.78. The Bertz CT molecular complexity index is 548. The van der Waals surface area contributed by atoms with Gasteiger partial charge in [0.15, 0.2) is 0 Å². The number of aromatic amines is 2. The molecule has 0 amide bonds. The molecule has 0 aliphatic heterocycles. The molecule has 3 N–H and O–H groups in total. The first-order valence-corrected chi connectivity index (χ1v) is 6.49. The lowest BCUT2D eigenvalue weighted by atomic mass is 10.2. The SMILES string of the molecule is O=C(O)c1[nH]c(=O)[nH]c(=O)c1CN(CCCl)CCCl. The van der Waals surface area contributed by atoms with Crippen molar-refractivity contribution in [3.8, 4) is 0 Å². The van der Waals surface area contributed by atoms with Gasteiger partial charge in [-0.3, -0.25) is 14.7 Å². The molecule has 0 fully saturated rings. The summed E-state index contributed by atoms with van der Waals surface area (Å²) in [4.78, 5) is 39.6. The van der Waals surface area contributed by atoms with Crippen molar-refractivity contribution in [3.63, 3.8) is 0 Å². The molecule has 0 aliphatic rings. The Morgan fingerprint density at radius 2 is 1.74 bits per heavy atom. The van der Waals surface area contributed by atoms with Gasteiger partial charge in [-0.15, -0.1) is 23.2 Å². The number of halogens is 2. The molecule has 0 saturated carbocycles. The fraction of sp³-hybridized carbons (Fsp3) is 0.500. The van der Waals surface area contributed by atoms with Crippen LogP contribution in [0, 0.1) is 0 Å². The fourth-order valence-electron chi connectivity index (χ4n) is 1.58. The van der Waals surface area contributed by atoms with E-state index >= 15 is 0 Å². The Balaban J connectivity index is 3.14. The maximum atomic E-state index is 11.7. The molecule has 0 aromatic carbocycles. The maximum Gasteiger partial charge on any atom is 0.352 e. The second-order valence-corrected chi connectivity index (χ2v) is 4.48. The van der Waals surface area contributed by atoms with Crippen molar-refractivity contribution in [1.29, 1.82) is 0 Å². The van der Waals surface area contributed by atoms with E-state index in [2.05, 4.69) is 4.98 Å². The lowest BCUT2D eigenvalue weighted by Gasteiger charge is -2.20. The zero-order valence-corrected chi connectivity index (χ0v) is 11.4. The molecule has 19 heavy (non-hydrogen) atoms. The Morgan fingerprint density at radius 3 is 2.21 bits per heavy atom. The number of alkyl halides is 2. The highest BCUT2D eigenvalue weighted by Crippen LogP contribution is 2.04. The van der Waals surface area contributed by atoms with Crippen LogP contribution in [0.3, 0.4) is 0 Å². The van der Waals surface area contributed by atoms with Crippen LogP contribution in [0.25, 0.3) is 0 Å². The van der Waals surface area contributed by atoms with Crippen LogP contribution in [-0.2, 0) is 6.54 Å². The summed E-state index contributed by atoms with van der Waals surface area (Å²) >= 11 is 11.2. The molecule has 0 saturated heterocycles. The number of nitrogens with zero attached hydrogens (tertiary/aromatic N) is 1. The molecule has 1 rings (SSSR count). The first kappa shape index (κ1) is 15.7. The van der Waals surface area contributed by atoms with Gasteiger partial charge in [-0.2, -0.15) is 0 Å². The van der Waals surface area contributed by atoms with Gasteiger partial charge in [0.05, 0.1) is 5.56 Å². The van der Waals surface area contributed by atoms with Gasteiger partial charge in [0.2, 0.25) is 0 Å². The van der Waals surface area contributed by atoms with Gasteiger partial charge in [0.25, 0.3) is 5.56 Å². The Morgan fingerprint density at radius 1 is 1.16 bits per heavy atom. The van der Waals surface area contributed by atoms with Crippen molar-refractivity contribution in [1.82, 2.24) is 14.9 Å². The van der Waals surface area contributed by atoms with Gasteiger partial charge in [-0.05, 0) is 0 Å². The standard InChI is InChI=1S/C10H13Cl2N3O4/c11-1-3-15(4-2-12)5-6-7(9(17)18)13-10(19)14-8(6)16/h1-5H2,(H,17,18)(H2,13,14,16,19). The molecule has 0 atom stereocenters. The van der Waals surface area contributed by atoms with Crippen LogP contribution < -0.4 is 11.2 Å². The van der Waals surface area contributed by atoms with Crippen LogP contribution in [0.4, 0.5) is 0 Å². The van der Waals surface area contributed by atoms with E-state index in [0.29, 0.717) is 24.8 Å². The number of aromatic carboxylic acids is 1. The molecule has 1 heterocycles. The topological polar surface area (TPSA) is 106 Å². The molecule has 0 aliphatic carbocycles. The molecule has 0 bridgehead atoms. The van der Waals surface area contributed by atoms with Crippen molar-refractivity contribution < 1.29 is 9.90 Å². The van der Waals surface area contributed by atoms with E-state index in [9.17, 15) is 14.4 Å². The van der Waals surface area contributed by atoms with Crippen LogP contribution in [0.2, 0.25) is 0 Å². The summed E-state index contributed by atoms with van der Waals surface area (Å²) in [6, 6.07) is 0. The Kier molecular flexibility index (Phi) is 6.07. The molecule has 106 valence electrons. The lowest BCUT2D eigenvalue weighted by molar-refractivity contribution is 0.0687. The molecule has 9 heteroatoms. The molecule has 1 aromatic rings. The average Bonchev–Trinajstić information content (AvgIpc) is 2.32. The van der Waals surface area contributed by atoms with Gasteiger partial charge < -0.3 is 10.1 Å². The minimum absolute atomic E-state index is 0.0256. The second-order valence-electron chi connectivity index (χ2n) is 3.72. The smallest absolute Gasteiger partial charge is 0.352 e. The number of aromatic nitrogens is 2. The molecule has 0 spiro atoms. The average molecular weight is 310 g/mol.